The van der Waals surface area contributed by atoms with Gasteiger partial charge in [-0.25, -0.2) is 5.46 Å². The molecule has 0 saturated heterocycles. The molecule has 0 spiro atoms. The van der Waals surface area contributed by atoms with E-state index >= 15 is 0 Å². The summed E-state index contributed by atoms with van der Waals surface area (Å²) in [6.45, 7) is 13.9. The van der Waals surface area contributed by atoms with Gasteiger partial charge in [0.25, 0.3) is 0 Å². The molecule has 0 aliphatic rings. The smallest absolute Gasteiger partial charge is 0.0581 e. The van der Waals surface area contributed by atoms with Crippen molar-refractivity contribution in [2.45, 2.75) is 57.3 Å². The van der Waals surface area contributed by atoms with Gasteiger partial charge < -0.3 is 0 Å². The van der Waals surface area contributed by atoms with Gasteiger partial charge in [0.05, 0.1) is 6.15 Å². The van der Waals surface area contributed by atoms with Crippen LogP contribution in [0.5, 0.6) is 0 Å². The summed E-state index contributed by atoms with van der Waals surface area (Å²) in [4.78, 5) is 0. The van der Waals surface area contributed by atoms with Crippen LogP contribution in [0.4, 0.5) is 0 Å². The summed E-state index contributed by atoms with van der Waals surface area (Å²) in [6, 6.07) is 11.3. The molecule has 4 heteroatoms. The standard InChI is InChI=1S/C18H32BS3/c1-15(2)20-12-19(13-21-16(3)4,14-22-17(5)6)18-10-8-7-9-11-18/h7-11,15-17H,12-14H2,1-6H3/q-1. The minimum Gasteiger partial charge on any atom is -0.207 e. The molecule has 0 heterocycles. The maximum Gasteiger partial charge on any atom is 0.0581 e. The fourth-order valence-corrected chi connectivity index (χ4v) is 6.42. The minimum absolute atomic E-state index is 0.509. The van der Waals surface area contributed by atoms with Crippen LogP contribution < -0.4 is 5.46 Å². The predicted molar refractivity (Wildman–Crippen MR) is 115 cm³/mol. The van der Waals surface area contributed by atoms with E-state index in [2.05, 4.69) is 107 Å². The van der Waals surface area contributed by atoms with E-state index in [1.165, 1.54) is 17.0 Å². The van der Waals surface area contributed by atoms with Crippen molar-refractivity contribution in [3.8, 4) is 0 Å². The number of benzene rings is 1. The molecule has 0 bridgehead atoms. The highest BCUT2D eigenvalue weighted by atomic mass is 32.2. The molecule has 1 rings (SSSR count). The zero-order valence-corrected chi connectivity index (χ0v) is 17.5. The van der Waals surface area contributed by atoms with Gasteiger partial charge in [0, 0.05) is 0 Å². The molecular weight excluding hydrogens is 323 g/mol. The van der Waals surface area contributed by atoms with E-state index in [0.29, 0.717) is 15.7 Å². The monoisotopic (exact) mass is 355 g/mol. The molecule has 0 atom stereocenters. The zero-order valence-electron chi connectivity index (χ0n) is 15.0. The summed E-state index contributed by atoms with van der Waals surface area (Å²) in [5, 5.41) is 2.12. The van der Waals surface area contributed by atoms with Gasteiger partial charge in [0.2, 0.25) is 0 Å². The summed E-state index contributed by atoms with van der Waals surface area (Å²) >= 11 is 6.41. The second-order valence-electron chi connectivity index (χ2n) is 7.04. The van der Waals surface area contributed by atoms with Crippen molar-refractivity contribution < 1.29 is 0 Å². The molecule has 126 valence electrons. The normalized spacial score (nSPS) is 12.6. The van der Waals surface area contributed by atoms with Crippen molar-refractivity contribution >= 4 is 46.9 Å². The largest absolute Gasteiger partial charge is 0.207 e. The van der Waals surface area contributed by atoms with Crippen LogP contribution in [0.1, 0.15) is 41.5 Å². The van der Waals surface area contributed by atoms with Crippen LogP contribution in [0, 0.1) is 0 Å². The van der Waals surface area contributed by atoms with Crippen molar-refractivity contribution in [2.24, 2.45) is 0 Å². The fraction of sp³-hybridized carbons (Fsp3) is 0.667. The Bertz CT molecular complexity index is 373. The van der Waals surface area contributed by atoms with Gasteiger partial charge in [-0.2, -0.15) is 35.3 Å². The summed E-state index contributed by atoms with van der Waals surface area (Å²) in [5.41, 5.74) is 5.42. The number of thioether (sulfide) groups is 3. The van der Waals surface area contributed by atoms with Crippen molar-refractivity contribution in [1.82, 2.24) is 0 Å². The Morgan fingerprint density at radius 2 is 1.05 bits per heavy atom. The lowest BCUT2D eigenvalue weighted by atomic mass is 9.26. The molecule has 22 heavy (non-hydrogen) atoms. The average molecular weight is 355 g/mol. The first-order chi connectivity index (χ1) is 10.4. The van der Waals surface area contributed by atoms with Gasteiger partial charge >= 0.3 is 0 Å². The van der Waals surface area contributed by atoms with E-state index in [4.69, 9.17) is 0 Å². The third-order valence-electron chi connectivity index (χ3n) is 3.75. The van der Waals surface area contributed by atoms with Gasteiger partial charge in [0.15, 0.2) is 0 Å². The van der Waals surface area contributed by atoms with Crippen molar-refractivity contribution in [2.75, 3.05) is 17.0 Å². The van der Waals surface area contributed by atoms with Crippen molar-refractivity contribution in [1.29, 1.82) is 0 Å². The molecule has 0 radical (unpaired) electrons. The Morgan fingerprint density at radius 1 is 0.682 bits per heavy atom. The third-order valence-corrected chi connectivity index (χ3v) is 8.24. The highest BCUT2D eigenvalue weighted by Crippen LogP contribution is 2.27. The van der Waals surface area contributed by atoms with Crippen LogP contribution in [0.3, 0.4) is 0 Å². The molecule has 0 nitrogen and oxygen atoms in total. The van der Waals surface area contributed by atoms with E-state index in [-0.39, 0.29) is 0 Å². The Balaban J connectivity index is 3.03. The first-order valence-electron chi connectivity index (χ1n) is 8.46. The van der Waals surface area contributed by atoms with Crippen LogP contribution in [-0.4, -0.2) is 38.9 Å². The fourth-order valence-electron chi connectivity index (χ4n) is 2.42. The molecule has 0 unspecified atom stereocenters. The van der Waals surface area contributed by atoms with Gasteiger partial charge in [-0.05, 0) is 15.7 Å². The molecule has 0 N–H and O–H groups in total. The zero-order chi connectivity index (χ0) is 16.6. The van der Waals surface area contributed by atoms with E-state index in [9.17, 15) is 0 Å². The number of hydrogen-bond donors (Lipinski definition) is 0. The Morgan fingerprint density at radius 3 is 1.36 bits per heavy atom. The Labute approximate surface area is 151 Å². The van der Waals surface area contributed by atoms with Crippen LogP contribution in [-0.2, 0) is 0 Å². The van der Waals surface area contributed by atoms with Crippen molar-refractivity contribution in [3.05, 3.63) is 30.3 Å². The first-order valence-corrected chi connectivity index (χ1v) is 11.6. The predicted octanol–water partition coefficient (Wildman–Crippen LogP) is 5.38. The topological polar surface area (TPSA) is 0 Å². The summed E-state index contributed by atoms with van der Waals surface area (Å²) < 4.78 is 0. The molecule has 0 aromatic heterocycles. The number of hydrogen-bond acceptors (Lipinski definition) is 3. The van der Waals surface area contributed by atoms with Crippen LogP contribution in [0.25, 0.3) is 0 Å². The van der Waals surface area contributed by atoms with Gasteiger partial charge in [-0.1, -0.05) is 71.9 Å². The molecule has 0 saturated carbocycles. The second-order valence-corrected chi connectivity index (χ2v) is 11.9. The summed E-state index contributed by atoms with van der Waals surface area (Å²) in [6.07, 6.45) is -0.509. The van der Waals surface area contributed by atoms with Crippen LogP contribution in [0.15, 0.2) is 30.3 Å². The van der Waals surface area contributed by atoms with E-state index in [0.717, 1.165) is 0 Å². The highest BCUT2D eigenvalue weighted by molar-refractivity contribution is 8.06. The van der Waals surface area contributed by atoms with E-state index < -0.39 is 6.15 Å². The Hall–Kier alpha value is 0.335. The lowest BCUT2D eigenvalue weighted by Crippen LogP contribution is -2.57. The Kier molecular flexibility index (Phi) is 9.50. The lowest BCUT2D eigenvalue weighted by molar-refractivity contribution is 1.11. The lowest BCUT2D eigenvalue weighted by Gasteiger charge is -2.41. The SMILES string of the molecule is CC(C)SC[B-](CSC(C)C)(CSC(C)C)c1ccccc1. The van der Waals surface area contributed by atoms with Crippen LogP contribution in [0.2, 0.25) is 0 Å². The molecule has 1 aromatic rings. The average Bonchev–Trinajstić information content (AvgIpc) is 2.47. The minimum atomic E-state index is -0.509. The quantitative estimate of drug-likeness (QED) is 0.517. The van der Waals surface area contributed by atoms with Gasteiger partial charge in [0.1, 0.15) is 0 Å². The maximum absolute atomic E-state index is 2.36. The molecule has 0 aliphatic heterocycles. The van der Waals surface area contributed by atoms with E-state index in [1.807, 2.05) is 0 Å². The first kappa shape index (κ1) is 20.4. The van der Waals surface area contributed by atoms with E-state index in [1.54, 1.807) is 5.46 Å². The van der Waals surface area contributed by atoms with Crippen LogP contribution >= 0.6 is 35.3 Å². The maximum atomic E-state index is 2.36. The van der Waals surface area contributed by atoms with Gasteiger partial charge in [-0.15, -0.1) is 17.0 Å². The highest BCUT2D eigenvalue weighted by Gasteiger charge is 2.27. The summed E-state index contributed by atoms with van der Waals surface area (Å²) in [7, 11) is 0. The van der Waals surface area contributed by atoms with Gasteiger partial charge in [-0.3, -0.25) is 0 Å². The summed E-state index contributed by atoms with van der Waals surface area (Å²) in [5.74, 6) is 0. The second kappa shape index (κ2) is 10.3. The molecular formula is C18H32BS3-. The van der Waals surface area contributed by atoms with Crippen molar-refractivity contribution in [3.63, 3.8) is 0 Å². The molecule has 0 aliphatic carbocycles. The molecule has 1 aromatic carbocycles. The molecule has 0 fully saturated rings. The third kappa shape index (κ3) is 7.27. The number of rotatable bonds is 10. The molecule has 0 amide bonds.